The number of sulfonamides is 1. The molecule has 26 heavy (non-hydrogen) atoms. The number of amides is 1. The molecule has 9 heteroatoms. The molecule has 0 aliphatic carbocycles. The first-order chi connectivity index (χ1) is 11.8. The second-order valence-electron chi connectivity index (χ2n) is 7.33. The van der Waals surface area contributed by atoms with Crippen molar-refractivity contribution in [2.24, 2.45) is 13.0 Å². The van der Waals surface area contributed by atoms with Crippen molar-refractivity contribution in [3.63, 3.8) is 0 Å². The number of aryl methyl sites for hydroxylation is 1. The van der Waals surface area contributed by atoms with E-state index in [1.54, 1.807) is 22.1 Å². The van der Waals surface area contributed by atoms with Crippen molar-refractivity contribution in [1.29, 1.82) is 0 Å². The van der Waals surface area contributed by atoms with Gasteiger partial charge in [0, 0.05) is 52.0 Å². The highest BCUT2D eigenvalue weighted by molar-refractivity contribution is 7.89. The molecule has 0 aromatic carbocycles. The Hall–Kier alpha value is -1.09. The van der Waals surface area contributed by atoms with E-state index in [0.717, 1.165) is 25.9 Å². The van der Waals surface area contributed by atoms with Crippen LogP contribution in [0, 0.1) is 5.92 Å². The third kappa shape index (κ3) is 4.08. The van der Waals surface area contributed by atoms with Gasteiger partial charge in [0.15, 0.2) is 0 Å². The fourth-order valence-corrected chi connectivity index (χ4v) is 5.36. The molecule has 2 aliphatic rings. The highest BCUT2D eigenvalue weighted by Gasteiger charge is 2.32. The van der Waals surface area contributed by atoms with Gasteiger partial charge in [-0.25, -0.2) is 8.42 Å². The van der Waals surface area contributed by atoms with Gasteiger partial charge in [0.05, 0.1) is 0 Å². The molecule has 2 atom stereocenters. The van der Waals surface area contributed by atoms with Crippen LogP contribution in [0.15, 0.2) is 17.2 Å². The summed E-state index contributed by atoms with van der Waals surface area (Å²) in [7, 11) is -1.81. The van der Waals surface area contributed by atoms with E-state index in [2.05, 4.69) is 12.2 Å². The summed E-state index contributed by atoms with van der Waals surface area (Å²) >= 11 is 0. The van der Waals surface area contributed by atoms with E-state index in [0.29, 0.717) is 31.2 Å². The Kier molecular flexibility index (Phi) is 6.76. The van der Waals surface area contributed by atoms with Gasteiger partial charge >= 0.3 is 0 Å². The summed E-state index contributed by atoms with van der Waals surface area (Å²) in [6, 6.07) is 1.63. The molecule has 1 N–H and O–H groups in total. The lowest BCUT2D eigenvalue weighted by atomic mass is 10.0. The van der Waals surface area contributed by atoms with Crippen molar-refractivity contribution >= 4 is 28.3 Å². The van der Waals surface area contributed by atoms with Crippen molar-refractivity contribution in [1.82, 2.24) is 19.1 Å². The molecule has 148 valence electrons. The third-order valence-corrected chi connectivity index (χ3v) is 7.05. The molecule has 2 saturated heterocycles. The van der Waals surface area contributed by atoms with Gasteiger partial charge < -0.3 is 14.8 Å². The Bertz CT molecular complexity index is 749. The van der Waals surface area contributed by atoms with Crippen molar-refractivity contribution in [3.05, 3.63) is 18.0 Å². The minimum Gasteiger partial charge on any atom is -0.345 e. The minimum atomic E-state index is -3.54. The number of aromatic nitrogens is 1. The topological polar surface area (TPSA) is 74.7 Å². The number of nitrogens with zero attached hydrogens (tertiary/aromatic N) is 3. The van der Waals surface area contributed by atoms with Crippen LogP contribution in [0.2, 0.25) is 0 Å². The Labute approximate surface area is 162 Å². The largest absolute Gasteiger partial charge is 0.345 e. The van der Waals surface area contributed by atoms with E-state index in [4.69, 9.17) is 0 Å². The fourth-order valence-electron chi connectivity index (χ4n) is 3.69. The monoisotopic (exact) mass is 404 g/mol. The van der Waals surface area contributed by atoms with Crippen molar-refractivity contribution in [2.45, 2.75) is 37.6 Å². The number of carbonyl (C=O) groups is 1. The molecular formula is C17H29ClN4O3S. The highest BCUT2D eigenvalue weighted by Crippen LogP contribution is 2.25. The van der Waals surface area contributed by atoms with Gasteiger partial charge in [0.25, 0.3) is 5.91 Å². The van der Waals surface area contributed by atoms with Crippen LogP contribution in [0.1, 0.15) is 37.2 Å². The zero-order chi connectivity index (χ0) is 18.2. The summed E-state index contributed by atoms with van der Waals surface area (Å²) in [6.45, 7) is 7.34. The SMILES string of the molecule is CC1CCCN(S(=O)(=O)c2cc(C(=O)N3CCNC[C@@H]3C)n(C)c2)C1.Cl. The van der Waals surface area contributed by atoms with Crippen molar-refractivity contribution in [3.8, 4) is 0 Å². The Balaban J connectivity index is 0.00000243. The van der Waals surface area contributed by atoms with Gasteiger partial charge in [-0.15, -0.1) is 12.4 Å². The maximum absolute atomic E-state index is 12.9. The fraction of sp³-hybridized carbons (Fsp3) is 0.706. The summed E-state index contributed by atoms with van der Waals surface area (Å²) in [6.07, 6.45) is 3.51. The zero-order valence-corrected chi connectivity index (χ0v) is 17.3. The standard InChI is InChI=1S/C17H28N4O3S.ClH/c1-13-5-4-7-20(11-13)25(23,24)15-9-16(19(3)12-15)17(22)21-8-6-18-10-14(21)2;/h9,12-14,18H,4-8,10-11H2,1-3H3;1H/t13?,14-;/m0./s1. The Morgan fingerprint density at radius 2 is 2.00 bits per heavy atom. The van der Waals surface area contributed by atoms with E-state index in [1.807, 2.05) is 11.8 Å². The van der Waals surface area contributed by atoms with Crippen LogP contribution in [0.25, 0.3) is 0 Å². The van der Waals surface area contributed by atoms with Crippen LogP contribution in [0.3, 0.4) is 0 Å². The van der Waals surface area contributed by atoms with E-state index in [9.17, 15) is 13.2 Å². The van der Waals surface area contributed by atoms with Gasteiger partial charge in [-0.3, -0.25) is 4.79 Å². The van der Waals surface area contributed by atoms with Crippen LogP contribution >= 0.6 is 12.4 Å². The first-order valence-corrected chi connectivity index (χ1v) is 10.4. The number of nitrogens with one attached hydrogen (secondary N) is 1. The molecular weight excluding hydrogens is 376 g/mol. The molecule has 0 saturated carbocycles. The average Bonchev–Trinajstić information content (AvgIpc) is 2.97. The summed E-state index contributed by atoms with van der Waals surface area (Å²) < 4.78 is 29.1. The van der Waals surface area contributed by atoms with Crippen LogP contribution in [0.5, 0.6) is 0 Å². The summed E-state index contributed by atoms with van der Waals surface area (Å²) in [5, 5.41) is 3.26. The minimum absolute atomic E-state index is 0. The van der Waals surface area contributed by atoms with Gasteiger partial charge in [-0.1, -0.05) is 6.92 Å². The van der Waals surface area contributed by atoms with Gasteiger partial charge in [0.1, 0.15) is 10.6 Å². The molecule has 3 rings (SSSR count). The number of hydrogen-bond donors (Lipinski definition) is 1. The first-order valence-electron chi connectivity index (χ1n) is 8.99. The van der Waals surface area contributed by atoms with Crippen LogP contribution in [-0.4, -0.2) is 66.9 Å². The molecule has 0 spiro atoms. The second-order valence-corrected chi connectivity index (χ2v) is 9.27. The third-order valence-electron chi connectivity index (χ3n) is 5.22. The maximum atomic E-state index is 12.9. The molecule has 2 aliphatic heterocycles. The van der Waals surface area contributed by atoms with E-state index in [1.165, 1.54) is 6.07 Å². The number of piperazine rings is 1. The number of halogens is 1. The number of rotatable bonds is 3. The predicted molar refractivity (Wildman–Crippen MR) is 103 cm³/mol. The van der Waals surface area contributed by atoms with Crippen LogP contribution < -0.4 is 5.32 Å². The molecule has 1 amide bonds. The molecule has 1 unspecified atom stereocenters. The molecule has 1 aromatic heterocycles. The molecule has 2 fully saturated rings. The molecule has 0 radical (unpaired) electrons. The molecule has 3 heterocycles. The van der Waals surface area contributed by atoms with Crippen LogP contribution in [-0.2, 0) is 17.1 Å². The Morgan fingerprint density at radius 3 is 2.65 bits per heavy atom. The lowest BCUT2D eigenvalue weighted by Crippen LogP contribution is -2.52. The molecule has 7 nitrogen and oxygen atoms in total. The Morgan fingerprint density at radius 1 is 1.27 bits per heavy atom. The summed E-state index contributed by atoms with van der Waals surface area (Å²) in [5.74, 6) is 0.264. The van der Waals surface area contributed by atoms with E-state index < -0.39 is 10.0 Å². The second kappa shape index (κ2) is 8.29. The highest BCUT2D eigenvalue weighted by atomic mass is 35.5. The number of hydrogen-bond acceptors (Lipinski definition) is 4. The van der Waals surface area contributed by atoms with E-state index in [-0.39, 0.29) is 29.3 Å². The lowest BCUT2D eigenvalue weighted by Gasteiger charge is -2.34. The first kappa shape index (κ1) is 21.2. The van der Waals surface area contributed by atoms with E-state index >= 15 is 0 Å². The average molecular weight is 405 g/mol. The zero-order valence-electron chi connectivity index (χ0n) is 15.6. The summed E-state index contributed by atoms with van der Waals surface area (Å²) in [4.78, 5) is 14.9. The quantitative estimate of drug-likeness (QED) is 0.824. The van der Waals surface area contributed by atoms with Crippen molar-refractivity contribution < 1.29 is 13.2 Å². The smallest absolute Gasteiger partial charge is 0.270 e. The molecule has 1 aromatic rings. The lowest BCUT2D eigenvalue weighted by molar-refractivity contribution is 0.0646. The van der Waals surface area contributed by atoms with Gasteiger partial charge in [-0.05, 0) is 31.7 Å². The normalized spacial score (nSPS) is 25.0. The maximum Gasteiger partial charge on any atom is 0.270 e. The van der Waals surface area contributed by atoms with Gasteiger partial charge in [-0.2, -0.15) is 4.31 Å². The molecule has 0 bridgehead atoms. The van der Waals surface area contributed by atoms with Crippen molar-refractivity contribution in [2.75, 3.05) is 32.7 Å². The predicted octanol–water partition coefficient (Wildman–Crippen LogP) is 1.30. The number of piperidine rings is 1. The summed E-state index contributed by atoms with van der Waals surface area (Å²) in [5.41, 5.74) is 0.428. The van der Waals surface area contributed by atoms with Gasteiger partial charge in [0.2, 0.25) is 10.0 Å². The van der Waals surface area contributed by atoms with Crippen LogP contribution in [0.4, 0.5) is 0 Å². The number of carbonyl (C=O) groups excluding carboxylic acids is 1.